The maximum absolute atomic E-state index is 13.2. The van der Waals surface area contributed by atoms with E-state index in [1.165, 1.54) is 6.07 Å². The third kappa shape index (κ3) is 4.05. The maximum atomic E-state index is 13.2. The van der Waals surface area contributed by atoms with Crippen molar-refractivity contribution in [3.63, 3.8) is 0 Å². The normalized spacial score (nSPS) is 16.0. The standard InChI is InChI=1S/C22H12Cl4N4O2S/c23-10-2-1-9(14(25)6-10)5-16-21(32)30-19(28)13(8-27)17(18(20(29)31)22(30)33-16)12-4-3-11(24)7-15(12)26/h1-7,17H,28H2,(H2,29,31). The number of carbonyl (C=O) groups is 1. The first-order valence-electron chi connectivity index (χ1n) is 9.21. The van der Waals surface area contributed by atoms with E-state index >= 15 is 0 Å². The van der Waals surface area contributed by atoms with E-state index in [-0.39, 0.29) is 31.2 Å². The van der Waals surface area contributed by atoms with Crippen LogP contribution < -0.4 is 26.2 Å². The summed E-state index contributed by atoms with van der Waals surface area (Å²) in [7, 11) is 0. The molecule has 2 heterocycles. The zero-order chi connectivity index (χ0) is 24.0. The van der Waals surface area contributed by atoms with E-state index in [0.29, 0.717) is 26.2 Å². The topological polar surface area (TPSA) is 115 Å². The number of fused-ring (bicyclic) bond motifs is 1. The lowest BCUT2D eigenvalue weighted by atomic mass is 9.83. The van der Waals surface area contributed by atoms with Gasteiger partial charge >= 0.3 is 0 Å². The van der Waals surface area contributed by atoms with Gasteiger partial charge in [0.2, 0.25) is 5.91 Å². The molecule has 0 saturated carbocycles. The molecule has 1 aromatic heterocycles. The fraction of sp³-hybridized carbons (Fsp3) is 0.0455. The molecule has 2 aromatic carbocycles. The number of primary amides is 1. The molecular weight excluding hydrogens is 526 g/mol. The summed E-state index contributed by atoms with van der Waals surface area (Å²) >= 11 is 25.6. The van der Waals surface area contributed by atoms with Crippen molar-refractivity contribution in [3.8, 4) is 6.07 Å². The first-order chi connectivity index (χ1) is 15.6. The number of nitrogens with two attached hydrogens (primary N) is 2. The summed E-state index contributed by atoms with van der Waals surface area (Å²) in [5.74, 6) is -1.91. The molecule has 0 aliphatic carbocycles. The smallest absolute Gasteiger partial charge is 0.274 e. The van der Waals surface area contributed by atoms with Crippen LogP contribution in [-0.2, 0) is 4.79 Å². The fourth-order valence-corrected chi connectivity index (χ4v) is 5.75. The van der Waals surface area contributed by atoms with E-state index in [9.17, 15) is 14.9 Å². The number of hydrogen-bond donors (Lipinski definition) is 2. The first-order valence-corrected chi connectivity index (χ1v) is 11.5. The second-order valence-electron chi connectivity index (χ2n) is 7.01. The minimum atomic E-state index is -0.970. The van der Waals surface area contributed by atoms with Gasteiger partial charge in [-0.2, -0.15) is 5.26 Å². The van der Waals surface area contributed by atoms with Gasteiger partial charge in [-0.05, 0) is 41.5 Å². The van der Waals surface area contributed by atoms with Crippen LogP contribution >= 0.6 is 57.7 Å². The largest absolute Gasteiger partial charge is 0.384 e. The number of nitrogens with zero attached hydrogens (tertiary/aromatic N) is 2. The van der Waals surface area contributed by atoms with Gasteiger partial charge in [-0.15, -0.1) is 11.3 Å². The van der Waals surface area contributed by atoms with Gasteiger partial charge in [-0.25, -0.2) is 0 Å². The van der Waals surface area contributed by atoms with Crippen LogP contribution in [-0.4, -0.2) is 10.5 Å². The van der Waals surface area contributed by atoms with Crippen LogP contribution in [0.15, 0.2) is 46.8 Å². The second-order valence-corrected chi connectivity index (χ2v) is 9.73. The number of nitriles is 1. The molecule has 4 N–H and O–H groups in total. The van der Waals surface area contributed by atoms with Gasteiger partial charge in [0.1, 0.15) is 10.5 Å². The van der Waals surface area contributed by atoms with Gasteiger partial charge in [0.05, 0.1) is 27.7 Å². The molecule has 0 spiro atoms. The van der Waals surface area contributed by atoms with E-state index in [2.05, 4.69) is 0 Å². The highest BCUT2D eigenvalue weighted by atomic mass is 35.5. The summed E-state index contributed by atoms with van der Waals surface area (Å²) in [6, 6.07) is 11.5. The molecule has 6 nitrogen and oxygen atoms in total. The van der Waals surface area contributed by atoms with Crippen molar-refractivity contribution in [3.05, 3.63) is 92.7 Å². The Hall–Kier alpha value is -2.73. The highest BCUT2D eigenvalue weighted by Gasteiger charge is 2.35. The SMILES string of the molecule is N#CC1=C(N)n2c(sc(=Cc3ccc(Cl)cc3Cl)c2=O)=C(C(N)=O)C1c1ccc(Cl)cc1Cl. The monoisotopic (exact) mass is 536 g/mol. The van der Waals surface area contributed by atoms with Gasteiger partial charge < -0.3 is 11.5 Å². The van der Waals surface area contributed by atoms with Crippen LogP contribution in [0.5, 0.6) is 0 Å². The molecule has 1 unspecified atom stereocenters. The van der Waals surface area contributed by atoms with Crippen molar-refractivity contribution in [2.75, 3.05) is 0 Å². The molecule has 1 aliphatic rings. The fourth-order valence-electron chi connectivity index (χ4n) is 3.59. The van der Waals surface area contributed by atoms with Gasteiger partial charge in [0.25, 0.3) is 5.56 Å². The third-order valence-electron chi connectivity index (χ3n) is 5.06. The highest BCUT2D eigenvalue weighted by molar-refractivity contribution is 7.07. The molecule has 1 amide bonds. The molecule has 33 heavy (non-hydrogen) atoms. The molecule has 0 fully saturated rings. The number of allylic oxidation sites excluding steroid dienone is 1. The van der Waals surface area contributed by atoms with Crippen LogP contribution in [0.3, 0.4) is 0 Å². The molecule has 0 radical (unpaired) electrons. The van der Waals surface area contributed by atoms with E-state index in [4.69, 9.17) is 57.9 Å². The lowest BCUT2D eigenvalue weighted by molar-refractivity contribution is -0.113. The number of benzene rings is 2. The third-order valence-corrected chi connectivity index (χ3v) is 7.29. The van der Waals surface area contributed by atoms with Crippen LogP contribution in [0.25, 0.3) is 17.5 Å². The summed E-state index contributed by atoms with van der Waals surface area (Å²) in [4.78, 5) is 25.8. The number of amides is 1. The Morgan fingerprint density at radius 3 is 2.30 bits per heavy atom. The average molecular weight is 538 g/mol. The van der Waals surface area contributed by atoms with Crippen molar-refractivity contribution in [2.24, 2.45) is 11.5 Å². The van der Waals surface area contributed by atoms with Gasteiger partial charge in [-0.1, -0.05) is 58.5 Å². The molecular formula is C22H12Cl4N4O2S. The van der Waals surface area contributed by atoms with Gasteiger partial charge in [0.15, 0.2) is 0 Å². The number of hydrogen-bond acceptors (Lipinski definition) is 5. The lowest BCUT2D eigenvalue weighted by Gasteiger charge is -2.24. The number of halogens is 4. The summed E-state index contributed by atoms with van der Waals surface area (Å²) in [5.41, 5.74) is 12.4. The predicted octanol–water partition coefficient (Wildman–Crippen LogP) is 3.44. The summed E-state index contributed by atoms with van der Waals surface area (Å²) in [6.45, 7) is 0. The van der Waals surface area contributed by atoms with E-state index in [1.54, 1.807) is 36.4 Å². The average Bonchev–Trinajstić information content (AvgIpc) is 3.06. The number of carbonyl (C=O) groups excluding carboxylic acids is 1. The summed E-state index contributed by atoms with van der Waals surface area (Å²) in [5, 5.41) is 11.3. The Morgan fingerprint density at radius 1 is 1.09 bits per heavy atom. The molecule has 1 atom stereocenters. The van der Waals surface area contributed by atoms with Crippen molar-refractivity contribution in [2.45, 2.75) is 5.92 Å². The minimum absolute atomic E-state index is 0.0222. The minimum Gasteiger partial charge on any atom is -0.384 e. The maximum Gasteiger partial charge on any atom is 0.274 e. The number of rotatable bonds is 3. The van der Waals surface area contributed by atoms with E-state index in [1.807, 2.05) is 6.07 Å². The summed E-state index contributed by atoms with van der Waals surface area (Å²) < 4.78 is 1.55. The number of thiazole rings is 1. The Kier molecular flexibility index (Phi) is 6.32. The molecule has 0 bridgehead atoms. The van der Waals surface area contributed by atoms with Crippen LogP contribution in [0, 0.1) is 11.3 Å². The summed E-state index contributed by atoms with van der Waals surface area (Å²) in [6.07, 6.45) is 1.55. The van der Waals surface area contributed by atoms with Crippen molar-refractivity contribution in [1.29, 1.82) is 5.26 Å². The Morgan fingerprint density at radius 2 is 1.73 bits per heavy atom. The number of aromatic nitrogens is 1. The van der Waals surface area contributed by atoms with Crippen LogP contribution in [0.1, 0.15) is 17.0 Å². The highest BCUT2D eigenvalue weighted by Crippen LogP contribution is 2.39. The van der Waals surface area contributed by atoms with E-state index in [0.717, 1.165) is 15.9 Å². The van der Waals surface area contributed by atoms with Crippen molar-refractivity contribution in [1.82, 2.24) is 4.57 Å². The van der Waals surface area contributed by atoms with Gasteiger partial charge in [-0.3, -0.25) is 14.2 Å². The zero-order valence-corrected chi connectivity index (χ0v) is 20.2. The second kappa shape index (κ2) is 8.90. The Balaban J connectivity index is 2.11. The molecule has 166 valence electrons. The van der Waals surface area contributed by atoms with Crippen molar-refractivity contribution < 1.29 is 4.79 Å². The quantitative estimate of drug-likeness (QED) is 0.532. The van der Waals surface area contributed by atoms with Crippen LogP contribution in [0.2, 0.25) is 20.1 Å². The molecule has 1 aliphatic heterocycles. The first kappa shape index (κ1) is 23.4. The zero-order valence-electron chi connectivity index (χ0n) is 16.4. The Bertz CT molecular complexity index is 1600. The lowest BCUT2D eigenvalue weighted by Crippen LogP contribution is -2.41. The molecule has 11 heteroatoms. The van der Waals surface area contributed by atoms with Crippen LogP contribution in [0.4, 0.5) is 0 Å². The predicted molar refractivity (Wildman–Crippen MR) is 133 cm³/mol. The van der Waals surface area contributed by atoms with Gasteiger partial charge in [0, 0.05) is 20.1 Å². The Labute approximate surface area is 211 Å². The molecule has 3 aromatic rings. The molecule has 0 saturated heterocycles. The van der Waals surface area contributed by atoms with Crippen molar-refractivity contribution >= 4 is 81.1 Å². The van der Waals surface area contributed by atoms with E-state index < -0.39 is 17.4 Å². The molecule has 4 rings (SSSR count).